The van der Waals surface area contributed by atoms with Crippen LogP contribution in [0, 0.1) is 0 Å². The first-order valence-electron chi connectivity index (χ1n) is 7.08. The van der Waals surface area contributed by atoms with Gasteiger partial charge in [0.1, 0.15) is 11.5 Å². The average Bonchev–Trinajstić information content (AvgIpc) is 2.56. The van der Waals surface area contributed by atoms with Crippen LogP contribution in [0.3, 0.4) is 0 Å². The van der Waals surface area contributed by atoms with Crippen LogP contribution in [0.4, 0.5) is 5.69 Å². The van der Waals surface area contributed by atoms with Gasteiger partial charge in [0.05, 0.1) is 19.2 Å². The summed E-state index contributed by atoms with van der Waals surface area (Å²) in [5, 5.41) is 12.8. The third kappa shape index (κ3) is 4.39. The molecule has 0 aliphatic rings. The highest BCUT2D eigenvalue weighted by molar-refractivity contribution is 6.31. The van der Waals surface area contributed by atoms with Crippen LogP contribution in [0.2, 0.25) is 5.02 Å². The molecule has 2 aromatic rings. The average molecular weight is 349 g/mol. The molecule has 2 N–H and O–H groups in total. The summed E-state index contributed by atoms with van der Waals surface area (Å²) in [6, 6.07) is 11.0. The molecule has 0 saturated heterocycles. The van der Waals surface area contributed by atoms with E-state index in [-0.39, 0.29) is 23.8 Å². The van der Waals surface area contributed by atoms with Crippen molar-refractivity contribution >= 4 is 29.1 Å². The Morgan fingerprint density at radius 1 is 1.25 bits per heavy atom. The number of anilines is 1. The minimum absolute atomic E-state index is 0.0409. The molecule has 2 rings (SSSR count). The number of carbonyl (C=O) groups is 2. The molecule has 24 heavy (non-hydrogen) atoms. The lowest BCUT2D eigenvalue weighted by Gasteiger charge is -2.17. The van der Waals surface area contributed by atoms with Crippen LogP contribution in [0.1, 0.15) is 10.4 Å². The lowest BCUT2D eigenvalue weighted by Crippen LogP contribution is -2.35. The number of amides is 2. The number of carbonyl (C=O) groups excluding carboxylic acids is 2. The second-order valence-electron chi connectivity index (χ2n) is 5.10. The van der Waals surface area contributed by atoms with E-state index in [2.05, 4.69) is 5.32 Å². The molecule has 0 aliphatic heterocycles. The van der Waals surface area contributed by atoms with Gasteiger partial charge in [-0.25, -0.2) is 0 Å². The molecule has 0 fully saturated rings. The van der Waals surface area contributed by atoms with Gasteiger partial charge in [-0.2, -0.15) is 0 Å². The molecular formula is C17H17ClN2O4. The first-order valence-corrected chi connectivity index (χ1v) is 7.46. The van der Waals surface area contributed by atoms with E-state index in [1.165, 1.54) is 37.3 Å². The minimum Gasteiger partial charge on any atom is -0.507 e. The van der Waals surface area contributed by atoms with E-state index in [9.17, 15) is 14.7 Å². The number of ether oxygens (including phenoxy) is 1. The topological polar surface area (TPSA) is 78.9 Å². The molecule has 0 radical (unpaired) electrons. The molecule has 2 aromatic carbocycles. The van der Waals surface area contributed by atoms with Crippen molar-refractivity contribution in [1.29, 1.82) is 0 Å². The van der Waals surface area contributed by atoms with E-state index in [4.69, 9.17) is 16.3 Å². The van der Waals surface area contributed by atoms with Gasteiger partial charge in [-0.3, -0.25) is 9.59 Å². The van der Waals surface area contributed by atoms with Crippen molar-refractivity contribution < 1.29 is 19.4 Å². The molecule has 0 aliphatic carbocycles. The van der Waals surface area contributed by atoms with Crippen molar-refractivity contribution in [2.75, 3.05) is 26.0 Å². The normalized spacial score (nSPS) is 10.1. The van der Waals surface area contributed by atoms with Gasteiger partial charge in [0.15, 0.2) is 0 Å². The number of halogens is 1. The van der Waals surface area contributed by atoms with Crippen LogP contribution in [0.25, 0.3) is 0 Å². The minimum atomic E-state index is -0.504. The molecule has 0 atom stereocenters. The van der Waals surface area contributed by atoms with Gasteiger partial charge in [-0.05, 0) is 30.3 Å². The number of likely N-dealkylation sites (N-methyl/N-ethyl adjacent to an activating group) is 1. The first kappa shape index (κ1) is 17.6. The summed E-state index contributed by atoms with van der Waals surface area (Å²) in [4.78, 5) is 25.6. The third-order valence-corrected chi connectivity index (χ3v) is 3.51. The molecule has 0 unspecified atom stereocenters. The van der Waals surface area contributed by atoms with Crippen molar-refractivity contribution in [3.63, 3.8) is 0 Å². The Balaban J connectivity index is 2.02. The van der Waals surface area contributed by atoms with Crippen molar-refractivity contribution in [3.8, 4) is 11.5 Å². The zero-order valence-electron chi connectivity index (χ0n) is 13.2. The van der Waals surface area contributed by atoms with Gasteiger partial charge in [-0.15, -0.1) is 0 Å². The van der Waals surface area contributed by atoms with Crippen LogP contribution < -0.4 is 10.1 Å². The predicted octanol–water partition coefficient (Wildman–Crippen LogP) is 2.76. The number of hydrogen-bond acceptors (Lipinski definition) is 4. The summed E-state index contributed by atoms with van der Waals surface area (Å²) >= 11 is 5.83. The SMILES string of the molecule is COc1cccc(NC(=O)CN(C)C(=O)c2cc(Cl)ccc2O)c1. The number of aromatic hydroxyl groups is 1. The summed E-state index contributed by atoms with van der Waals surface area (Å²) < 4.78 is 5.08. The smallest absolute Gasteiger partial charge is 0.257 e. The Hall–Kier alpha value is -2.73. The van der Waals surface area contributed by atoms with E-state index >= 15 is 0 Å². The van der Waals surface area contributed by atoms with Gasteiger partial charge in [0, 0.05) is 23.8 Å². The Labute approximate surface area is 144 Å². The third-order valence-electron chi connectivity index (χ3n) is 3.27. The van der Waals surface area contributed by atoms with Crippen molar-refractivity contribution in [2.24, 2.45) is 0 Å². The fourth-order valence-corrected chi connectivity index (χ4v) is 2.25. The molecule has 0 saturated carbocycles. The van der Waals surface area contributed by atoms with Crippen LogP contribution in [0.5, 0.6) is 11.5 Å². The standard InChI is InChI=1S/C17H17ClN2O4/c1-20(17(23)14-8-11(18)6-7-15(14)21)10-16(22)19-12-4-3-5-13(9-12)24-2/h3-9,21H,10H2,1-2H3,(H,19,22). The molecule has 0 heterocycles. The molecule has 2 amide bonds. The zero-order valence-corrected chi connectivity index (χ0v) is 14.0. The van der Waals surface area contributed by atoms with Crippen LogP contribution >= 0.6 is 11.6 Å². The molecular weight excluding hydrogens is 332 g/mol. The Morgan fingerprint density at radius 3 is 2.71 bits per heavy atom. The van der Waals surface area contributed by atoms with Crippen LogP contribution in [-0.2, 0) is 4.79 Å². The maximum absolute atomic E-state index is 12.3. The number of hydrogen-bond donors (Lipinski definition) is 2. The van der Waals surface area contributed by atoms with Crippen molar-refractivity contribution in [1.82, 2.24) is 4.90 Å². The fourth-order valence-electron chi connectivity index (χ4n) is 2.07. The predicted molar refractivity (Wildman–Crippen MR) is 91.7 cm³/mol. The molecule has 0 spiro atoms. The van der Waals surface area contributed by atoms with Gasteiger partial charge in [0.25, 0.3) is 5.91 Å². The van der Waals surface area contributed by atoms with Gasteiger partial charge in [0.2, 0.25) is 5.91 Å². The van der Waals surface area contributed by atoms with Gasteiger partial charge >= 0.3 is 0 Å². The second-order valence-corrected chi connectivity index (χ2v) is 5.54. The number of phenolic OH excluding ortho intramolecular Hbond substituents is 1. The molecule has 126 valence electrons. The number of nitrogens with one attached hydrogen (secondary N) is 1. The van der Waals surface area contributed by atoms with E-state index in [0.29, 0.717) is 16.5 Å². The van der Waals surface area contributed by atoms with Crippen molar-refractivity contribution in [3.05, 3.63) is 53.1 Å². The van der Waals surface area contributed by atoms with E-state index < -0.39 is 5.91 Å². The summed E-state index contributed by atoms with van der Waals surface area (Å²) in [7, 11) is 3.00. The zero-order chi connectivity index (χ0) is 17.7. The van der Waals surface area contributed by atoms with Gasteiger partial charge in [-0.1, -0.05) is 17.7 Å². The first-order chi connectivity index (χ1) is 11.4. The quantitative estimate of drug-likeness (QED) is 0.870. The second kappa shape index (κ2) is 7.70. The lowest BCUT2D eigenvalue weighted by molar-refractivity contribution is -0.116. The van der Waals surface area contributed by atoms with E-state index in [1.807, 2.05) is 0 Å². The molecule has 7 heteroatoms. The highest BCUT2D eigenvalue weighted by Gasteiger charge is 2.18. The molecule has 0 aromatic heterocycles. The Bertz CT molecular complexity index is 764. The lowest BCUT2D eigenvalue weighted by atomic mass is 10.2. The van der Waals surface area contributed by atoms with E-state index in [0.717, 1.165) is 0 Å². The summed E-state index contributed by atoms with van der Waals surface area (Å²) in [5.41, 5.74) is 0.602. The number of benzene rings is 2. The fraction of sp³-hybridized carbons (Fsp3) is 0.176. The number of nitrogens with zero attached hydrogens (tertiary/aromatic N) is 1. The Kier molecular flexibility index (Phi) is 5.65. The van der Waals surface area contributed by atoms with Gasteiger partial charge < -0.3 is 20.1 Å². The monoisotopic (exact) mass is 348 g/mol. The maximum atomic E-state index is 12.3. The highest BCUT2D eigenvalue weighted by Crippen LogP contribution is 2.22. The maximum Gasteiger partial charge on any atom is 0.257 e. The molecule has 6 nitrogen and oxygen atoms in total. The van der Waals surface area contributed by atoms with Crippen LogP contribution in [0.15, 0.2) is 42.5 Å². The molecule has 0 bridgehead atoms. The number of phenols is 1. The summed E-state index contributed by atoms with van der Waals surface area (Å²) in [6.45, 7) is -0.179. The summed E-state index contributed by atoms with van der Waals surface area (Å²) in [5.74, 6) is -0.457. The largest absolute Gasteiger partial charge is 0.507 e. The Morgan fingerprint density at radius 2 is 2.00 bits per heavy atom. The summed E-state index contributed by atoms with van der Waals surface area (Å²) in [6.07, 6.45) is 0. The van der Waals surface area contributed by atoms with Crippen LogP contribution in [-0.4, -0.2) is 42.5 Å². The van der Waals surface area contributed by atoms with Crippen molar-refractivity contribution in [2.45, 2.75) is 0 Å². The number of methoxy groups -OCH3 is 1. The van der Waals surface area contributed by atoms with E-state index in [1.54, 1.807) is 24.3 Å². The number of rotatable bonds is 5. The highest BCUT2D eigenvalue weighted by atomic mass is 35.5.